The topological polar surface area (TPSA) is 0 Å². The molecule has 47 valence electrons. The van der Waals surface area contributed by atoms with Gasteiger partial charge in [0.2, 0.25) is 0 Å². The Morgan fingerprint density at radius 1 is 1.10 bits per heavy atom. The first-order valence-corrected chi connectivity index (χ1v) is 2.94. The number of rotatable bonds is 1. The van der Waals surface area contributed by atoms with Gasteiger partial charge in [0.1, 0.15) is 0 Å². The molecular weight excluding hydrogens is 131 g/mol. The van der Waals surface area contributed by atoms with Crippen LogP contribution in [-0.2, 0) is 0 Å². The third kappa shape index (κ3) is 3.21. The van der Waals surface area contributed by atoms with Gasteiger partial charge >= 0.3 is 29.6 Å². The second kappa shape index (κ2) is 5.72. The Labute approximate surface area is 84.3 Å². The second-order valence-electron chi connectivity index (χ2n) is 1.81. The van der Waals surface area contributed by atoms with Gasteiger partial charge in [-0.2, -0.15) is 0 Å². The van der Waals surface area contributed by atoms with Crippen LogP contribution in [0.15, 0.2) is 36.4 Å². The monoisotopic (exact) mass is 141 g/mol. The molecule has 0 spiro atoms. The molecule has 0 N–H and O–H groups in total. The van der Waals surface area contributed by atoms with Crippen molar-refractivity contribution in [1.29, 1.82) is 0 Å². The summed E-state index contributed by atoms with van der Waals surface area (Å²) in [6, 6.07) is 10.1. The van der Waals surface area contributed by atoms with E-state index in [0.29, 0.717) is 0 Å². The first-order valence-electron chi connectivity index (χ1n) is 2.94. The average molecular weight is 141 g/mol. The Morgan fingerprint density at radius 3 is 2.20 bits per heavy atom. The normalized spacial score (nSPS) is 9.30. The van der Waals surface area contributed by atoms with Crippen molar-refractivity contribution >= 4 is 35.6 Å². The number of hydrogen-bond acceptors (Lipinski definition) is 0. The molecule has 1 radical (unpaired) electrons. The Kier molecular flexibility index (Phi) is 5.70. The predicted octanol–water partition coefficient (Wildman–Crippen LogP) is 1.89. The van der Waals surface area contributed by atoms with Crippen LogP contribution in [0, 0.1) is 6.92 Å². The van der Waals surface area contributed by atoms with Crippen LogP contribution in [0.5, 0.6) is 0 Å². The molecule has 0 unspecified atom stereocenters. The minimum absolute atomic E-state index is 0. The molecular formula is C9H10Na. The molecule has 0 heterocycles. The van der Waals surface area contributed by atoms with Gasteiger partial charge in [-0.3, -0.25) is 0 Å². The van der Waals surface area contributed by atoms with E-state index in [4.69, 9.17) is 0 Å². The molecule has 0 aliphatic heterocycles. The van der Waals surface area contributed by atoms with E-state index in [-0.39, 0.29) is 29.6 Å². The van der Waals surface area contributed by atoms with E-state index in [1.165, 1.54) is 5.56 Å². The van der Waals surface area contributed by atoms with Crippen molar-refractivity contribution in [2.24, 2.45) is 0 Å². The molecule has 1 aromatic carbocycles. The van der Waals surface area contributed by atoms with Crippen molar-refractivity contribution in [3.05, 3.63) is 48.9 Å². The Bertz CT molecular complexity index is 189. The zero-order valence-electron chi connectivity index (χ0n) is 5.25. The molecule has 0 atom stereocenters. The van der Waals surface area contributed by atoms with E-state index >= 15 is 0 Å². The summed E-state index contributed by atoms with van der Waals surface area (Å²) in [7, 11) is 0. The molecule has 0 nitrogen and oxygen atoms in total. The Hall–Kier alpha value is -0.0400. The third-order valence-electron chi connectivity index (χ3n) is 1.11. The summed E-state index contributed by atoms with van der Waals surface area (Å²) in [6.07, 6.45) is 3.76. The van der Waals surface area contributed by atoms with E-state index in [2.05, 4.69) is 6.92 Å². The van der Waals surface area contributed by atoms with E-state index in [1.54, 1.807) is 6.08 Å². The number of benzene rings is 1. The zero-order chi connectivity index (χ0) is 6.53. The first-order chi connectivity index (χ1) is 4.43. The molecule has 0 aromatic heterocycles. The quantitative estimate of drug-likeness (QED) is 0.524. The summed E-state index contributed by atoms with van der Waals surface area (Å²) < 4.78 is 0. The van der Waals surface area contributed by atoms with Gasteiger partial charge in [-0.25, -0.2) is 0 Å². The second-order valence-corrected chi connectivity index (χ2v) is 1.81. The first kappa shape index (κ1) is 9.96. The van der Waals surface area contributed by atoms with Crippen LogP contribution in [0.4, 0.5) is 0 Å². The van der Waals surface area contributed by atoms with E-state index in [9.17, 15) is 0 Å². The van der Waals surface area contributed by atoms with Crippen molar-refractivity contribution in [1.82, 2.24) is 0 Å². The standard InChI is InChI=1S/C9H9.Na.H/c1-2-6-9-7-4-3-5-8-9;;/h2-8H,1H2;;/b6-2+;;. The Balaban J connectivity index is 0.000000810. The van der Waals surface area contributed by atoms with Crippen LogP contribution >= 0.6 is 0 Å². The van der Waals surface area contributed by atoms with Crippen molar-refractivity contribution < 1.29 is 0 Å². The van der Waals surface area contributed by atoms with Gasteiger partial charge in [-0.1, -0.05) is 42.5 Å². The fourth-order valence-corrected chi connectivity index (χ4v) is 0.700. The maximum absolute atomic E-state index is 3.60. The van der Waals surface area contributed by atoms with Gasteiger partial charge in [0.05, 0.1) is 0 Å². The number of hydrogen-bond donors (Lipinski definition) is 0. The fourth-order valence-electron chi connectivity index (χ4n) is 0.700. The van der Waals surface area contributed by atoms with Crippen molar-refractivity contribution in [2.45, 2.75) is 0 Å². The number of allylic oxidation sites excluding steroid dienone is 1. The van der Waals surface area contributed by atoms with Crippen LogP contribution in [0.1, 0.15) is 5.56 Å². The Morgan fingerprint density at radius 2 is 1.70 bits per heavy atom. The average Bonchev–Trinajstić information content (AvgIpc) is 1.91. The van der Waals surface area contributed by atoms with Crippen LogP contribution in [0.2, 0.25) is 0 Å². The van der Waals surface area contributed by atoms with Crippen molar-refractivity contribution in [2.75, 3.05) is 0 Å². The van der Waals surface area contributed by atoms with Gasteiger partial charge in [-0.05, 0) is 12.5 Å². The van der Waals surface area contributed by atoms with Gasteiger partial charge in [0, 0.05) is 0 Å². The van der Waals surface area contributed by atoms with Gasteiger partial charge in [0.15, 0.2) is 0 Å². The molecule has 0 fully saturated rings. The molecule has 0 aliphatic carbocycles. The van der Waals surface area contributed by atoms with Crippen molar-refractivity contribution in [3.63, 3.8) is 0 Å². The zero-order valence-corrected chi connectivity index (χ0v) is 5.25. The fraction of sp³-hybridized carbons (Fsp3) is 0. The van der Waals surface area contributed by atoms with Crippen molar-refractivity contribution in [3.8, 4) is 0 Å². The van der Waals surface area contributed by atoms with Gasteiger partial charge in [-0.15, -0.1) is 0 Å². The van der Waals surface area contributed by atoms with E-state index in [0.717, 1.165) is 0 Å². The van der Waals surface area contributed by atoms with Crippen LogP contribution in [0.25, 0.3) is 6.08 Å². The van der Waals surface area contributed by atoms with Gasteiger partial charge in [0.25, 0.3) is 0 Å². The summed E-state index contributed by atoms with van der Waals surface area (Å²) in [5.41, 5.74) is 1.20. The molecule has 0 saturated carbocycles. The summed E-state index contributed by atoms with van der Waals surface area (Å²) in [5, 5.41) is 0. The molecule has 1 aromatic rings. The van der Waals surface area contributed by atoms with Crippen LogP contribution < -0.4 is 0 Å². The van der Waals surface area contributed by atoms with Crippen LogP contribution in [-0.4, -0.2) is 29.6 Å². The summed E-state index contributed by atoms with van der Waals surface area (Å²) in [5.74, 6) is 0. The SMILES string of the molecule is [CH2]/C=C/c1ccccc1.[NaH]. The molecule has 0 saturated heterocycles. The molecule has 0 amide bonds. The molecule has 1 rings (SSSR count). The van der Waals surface area contributed by atoms with Gasteiger partial charge < -0.3 is 0 Å². The molecule has 1 heteroatoms. The van der Waals surface area contributed by atoms with Crippen LogP contribution in [0.3, 0.4) is 0 Å². The van der Waals surface area contributed by atoms with E-state index < -0.39 is 0 Å². The van der Waals surface area contributed by atoms with E-state index in [1.807, 2.05) is 36.4 Å². The maximum atomic E-state index is 3.60. The molecule has 0 aliphatic rings. The molecule has 10 heavy (non-hydrogen) atoms. The third-order valence-corrected chi connectivity index (χ3v) is 1.11. The minimum atomic E-state index is 0. The summed E-state index contributed by atoms with van der Waals surface area (Å²) >= 11 is 0. The predicted molar refractivity (Wildman–Crippen MR) is 48.0 cm³/mol. The summed E-state index contributed by atoms with van der Waals surface area (Å²) in [4.78, 5) is 0. The summed E-state index contributed by atoms with van der Waals surface area (Å²) in [6.45, 7) is 3.60. The molecule has 0 bridgehead atoms.